The highest BCUT2D eigenvalue weighted by atomic mass is 35.5. The molecule has 3 unspecified atom stereocenters. The lowest BCUT2D eigenvalue weighted by Gasteiger charge is -2.36. The van der Waals surface area contributed by atoms with Crippen LogP contribution in [0.4, 0.5) is 0 Å². The standard InChI is InChI=1S/C9H15ClN2O/c1-7-6-13-8(2)4-12(7)5-9(10)3-11/h7-9H,4-6H2,1-2H3. The molecule has 1 fully saturated rings. The quantitative estimate of drug-likeness (QED) is 0.632. The van der Waals surface area contributed by atoms with E-state index in [2.05, 4.69) is 11.8 Å². The molecular formula is C9H15ClN2O. The Labute approximate surface area is 84.2 Å². The third-order valence-corrected chi connectivity index (χ3v) is 2.51. The molecule has 0 aromatic carbocycles. The Kier molecular flexibility index (Phi) is 3.98. The van der Waals surface area contributed by atoms with E-state index < -0.39 is 5.38 Å². The molecule has 4 heteroatoms. The molecule has 0 aliphatic carbocycles. The van der Waals surface area contributed by atoms with E-state index >= 15 is 0 Å². The van der Waals surface area contributed by atoms with Crippen molar-refractivity contribution in [2.45, 2.75) is 31.4 Å². The molecule has 1 heterocycles. The number of morpholine rings is 1. The Bertz CT molecular complexity index is 204. The number of nitrogens with zero attached hydrogens (tertiary/aromatic N) is 2. The van der Waals surface area contributed by atoms with E-state index in [4.69, 9.17) is 21.6 Å². The van der Waals surface area contributed by atoms with Crippen LogP contribution in [0.2, 0.25) is 0 Å². The predicted molar refractivity (Wildman–Crippen MR) is 51.7 cm³/mol. The molecule has 0 aromatic heterocycles. The summed E-state index contributed by atoms with van der Waals surface area (Å²) in [7, 11) is 0. The van der Waals surface area contributed by atoms with Crippen LogP contribution in [0.5, 0.6) is 0 Å². The number of nitriles is 1. The predicted octanol–water partition coefficient (Wildman–Crippen LogP) is 1.23. The Morgan fingerprint density at radius 3 is 3.00 bits per heavy atom. The lowest BCUT2D eigenvalue weighted by Crippen LogP contribution is -2.49. The fourth-order valence-corrected chi connectivity index (χ4v) is 1.65. The summed E-state index contributed by atoms with van der Waals surface area (Å²) in [6, 6.07) is 2.40. The third-order valence-electron chi connectivity index (χ3n) is 2.27. The van der Waals surface area contributed by atoms with Crippen LogP contribution in [0.3, 0.4) is 0 Å². The van der Waals surface area contributed by atoms with Crippen molar-refractivity contribution in [1.82, 2.24) is 4.90 Å². The first-order valence-corrected chi connectivity index (χ1v) is 4.96. The first-order chi connectivity index (χ1) is 6.13. The molecule has 0 N–H and O–H groups in total. The SMILES string of the molecule is CC1CN(CC(Cl)C#N)C(C)CO1. The maximum Gasteiger partial charge on any atom is 0.133 e. The zero-order chi connectivity index (χ0) is 9.84. The molecular weight excluding hydrogens is 188 g/mol. The average Bonchev–Trinajstić information content (AvgIpc) is 2.11. The summed E-state index contributed by atoms with van der Waals surface area (Å²) < 4.78 is 5.47. The molecule has 1 saturated heterocycles. The first kappa shape index (κ1) is 10.8. The highest BCUT2D eigenvalue weighted by Crippen LogP contribution is 2.12. The Morgan fingerprint density at radius 2 is 2.38 bits per heavy atom. The lowest BCUT2D eigenvalue weighted by atomic mass is 10.2. The molecule has 0 amide bonds. The molecule has 1 rings (SSSR count). The van der Waals surface area contributed by atoms with Gasteiger partial charge in [0.15, 0.2) is 0 Å². The second-order valence-corrected chi connectivity index (χ2v) is 4.07. The van der Waals surface area contributed by atoms with E-state index in [1.165, 1.54) is 0 Å². The number of halogens is 1. The molecule has 13 heavy (non-hydrogen) atoms. The van der Waals surface area contributed by atoms with Crippen molar-refractivity contribution in [2.24, 2.45) is 0 Å². The van der Waals surface area contributed by atoms with Crippen LogP contribution in [0.15, 0.2) is 0 Å². The van der Waals surface area contributed by atoms with Crippen LogP contribution in [0, 0.1) is 11.3 Å². The van der Waals surface area contributed by atoms with Crippen molar-refractivity contribution in [3.05, 3.63) is 0 Å². The summed E-state index contributed by atoms with van der Waals surface area (Å²) in [6.07, 6.45) is 0.249. The van der Waals surface area contributed by atoms with Gasteiger partial charge in [0.2, 0.25) is 0 Å². The average molecular weight is 203 g/mol. The number of ether oxygens (including phenoxy) is 1. The van der Waals surface area contributed by atoms with Gasteiger partial charge in [0.1, 0.15) is 5.38 Å². The van der Waals surface area contributed by atoms with Gasteiger partial charge in [-0.15, -0.1) is 11.6 Å². The summed E-state index contributed by atoms with van der Waals surface area (Å²) in [5.74, 6) is 0. The van der Waals surface area contributed by atoms with E-state index in [1.807, 2.05) is 13.0 Å². The van der Waals surface area contributed by atoms with Gasteiger partial charge >= 0.3 is 0 Å². The molecule has 0 saturated carbocycles. The van der Waals surface area contributed by atoms with Gasteiger partial charge in [-0.25, -0.2) is 0 Å². The zero-order valence-corrected chi connectivity index (χ0v) is 8.79. The van der Waals surface area contributed by atoms with Crippen molar-refractivity contribution in [2.75, 3.05) is 19.7 Å². The maximum absolute atomic E-state index is 8.58. The fourth-order valence-electron chi connectivity index (χ4n) is 1.47. The molecule has 0 spiro atoms. The van der Waals surface area contributed by atoms with Gasteiger partial charge in [-0.1, -0.05) is 0 Å². The molecule has 1 aliphatic heterocycles. The summed E-state index contributed by atoms with van der Waals surface area (Å²) in [5, 5.41) is 8.17. The second-order valence-electron chi connectivity index (χ2n) is 3.54. The summed E-state index contributed by atoms with van der Waals surface area (Å²) >= 11 is 5.77. The Morgan fingerprint density at radius 1 is 1.69 bits per heavy atom. The second kappa shape index (κ2) is 4.80. The molecule has 0 radical (unpaired) electrons. The summed E-state index contributed by atoms with van der Waals surface area (Å²) in [4.78, 5) is 2.20. The van der Waals surface area contributed by atoms with Gasteiger partial charge in [-0.2, -0.15) is 5.26 Å². The highest BCUT2D eigenvalue weighted by Gasteiger charge is 2.24. The van der Waals surface area contributed by atoms with Gasteiger partial charge < -0.3 is 4.74 Å². The largest absolute Gasteiger partial charge is 0.376 e. The molecule has 3 atom stereocenters. The summed E-state index contributed by atoms with van der Waals surface area (Å²) in [6.45, 7) is 6.36. The minimum absolute atomic E-state index is 0.249. The van der Waals surface area contributed by atoms with E-state index in [0.29, 0.717) is 12.6 Å². The maximum atomic E-state index is 8.58. The molecule has 3 nitrogen and oxygen atoms in total. The summed E-state index contributed by atoms with van der Waals surface area (Å²) in [5.41, 5.74) is 0. The Balaban J connectivity index is 2.42. The molecule has 0 bridgehead atoms. The van der Waals surface area contributed by atoms with E-state index in [9.17, 15) is 0 Å². The van der Waals surface area contributed by atoms with E-state index in [1.54, 1.807) is 0 Å². The van der Waals surface area contributed by atoms with Gasteiger partial charge in [-0.05, 0) is 13.8 Å². The molecule has 1 aliphatic rings. The van der Waals surface area contributed by atoms with Crippen LogP contribution in [0.1, 0.15) is 13.8 Å². The topological polar surface area (TPSA) is 36.3 Å². The molecule has 0 aromatic rings. The molecule has 74 valence electrons. The third kappa shape index (κ3) is 3.15. The van der Waals surface area contributed by atoms with E-state index in [0.717, 1.165) is 13.2 Å². The minimum atomic E-state index is -0.409. The van der Waals surface area contributed by atoms with Crippen LogP contribution in [-0.4, -0.2) is 42.1 Å². The number of alkyl halides is 1. The smallest absolute Gasteiger partial charge is 0.133 e. The van der Waals surface area contributed by atoms with Crippen LogP contribution in [-0.2, 0) is 4.74 Å². The normalized spacial score (nSPS) is 32.5. The minimum Gasteiger partial charge on any atom is -0.376 e. The van der Waals surface area contributed by atoms with E-state index in [-0.39, 0.29) is 6.10 Å². The fraction of sp³-hybridized carbons (Fsp3) is 0.889. The lowest BCUT2D eigenvalue weighted by molar-refractivity contribution is -0.0480. The number of rotatable bonds is 2. The van der Waals surface area contributed by atoms with Crippen molar-refractivity contribution < 1.29 is 4.74 Å². The highest BCUT2D eigenvalue weighted by molar-refractivity contribution is 6.22. The van der Waals surface area contributed by atoms with Crippen molar-refractivity contribution in [3.8, 4) is 6.07 Å². The number of hydrogen-bond donors (Lipinski definition) is 0. The van der Waals surface area contributed by atoms with Crippen molar-refractivity contribution in [1.29, 1.82) is 5.26 Å². The van der Waals surface area contributed by atoms with Gasteiger partial charge in [0.25, 0.3) is 0 Å². The van der Waals surface area contributed by atoms with Crippen LogP contribution in [0.25, 0.3) is 0 Å². The number of hydrogen-bond acceptors (Lipinski definition) is 3. The van der Waals surface area contributed by atoms with Gasteiger partial charge in [0.05, 0.1) is 18.8 Å². The first-order valence-electron chi connectivity index (χ1n) is 4.52. The monoisotopic (exact) mass is 202 g/mol. The van der Waals surface area contributed by atoms with Crippen LogP contribution >= 0.6 is 11.6 Å². The van der Waals surface area contributed by atoms with Crippen LogP contribution < -0.4 is 0 Å². The Hall–Kier alpha value is -0.300. The van der Waals surface area contributed by atoms with Gasteiger partial charge in [-0.3, -0.25) is 4.90 Å². The van der Waals surface area contributed by atoms with Crippen molar-refractivity contribution in [3.63, 3.8) is 0 Å². The van der Waals surface area contributed by atoms with Gasteiger partial charge in [0, 0.05) is 19.1 Å². The zero-order valence-electron chi connectivity index (χ0n) is 8.03. The van der Waals surface area contributed by atoms with Crippen molar-refractivity contribution >= 4 is 11.6 Å².